The molecular weight excluding hydrogens is 260 g/mol. The van der Waals surface area contributed by atoms with Crippen molar-refractivity contribution in [2.45, 2.75) is 13.3 Å². The molecule has 0 saturated carbocycles. The van der Waals surface area contributed by atoms with Crippen LogP contribution < -0.4 is 10.2 Å². The first-order valence-electron chi connectivity index (χ1n) is 6.58. The molecule has 1 rings (SSSR count). The summed E-state index contributed by atoms with van der Waals surface area (Å²) in [5.41, 5.74) is -0.0595. The third kappa shape index (κ3) is 4.30. The van der Waals surface area contributed by atoms with Crippen LogP contribution in [0, 0.1) is 10.1 Å². The number of nitrogens with zero attached hydrogens (tertiary/aromatic N) is 5. The summed E-state index contributed by atoms with van der Waals surface area (Å²) in [6, 6.07) is 0. The standard InChI is InChI=1S/C12H22N6O2/c1-5-17(8-6-7-16(3)4)11-10(18(19)20)9-14-12(13-2)15-11/h9H,5-8H2,1-4H3,(H,13,14,15). The van der Waals surface area contributed by atoms with E-state index in [1.807, 2.05) is 25.9 Å². The second-order valence-corrected chi connectivity index (χ2v) is 4.65. The smallest absolute Gasteiger partial charge is 0.329 e. The average Bonchev–Trinajstić information content (AvgIpc) is 2.42. The normalized spacial score (nSPS) is 10.7. The number of aromatic nitrogens is 2. The van der Waals surface area contributed by atoms with Gasteiger partial charge in [-0.05, 0) is 34.0 Å². The maximum atomic E-state index is 11.1. The van der Waals surface area contributed by atoms with Gasteiger partial charge in [0, 0.05) is 20.1 Å². The highest BCUT2D eigenvalue weighted by Gasteiger charge is 2.21. The zero-order valence-corrected chi connectivity index (χ0v) is 12.5. The van der Waals surface area contributed by atoms with Crippen LogP contribution in [0.3, 0.4) is 0 Å². The topological polar surface area (TPSA) is 87.4 Å². The van der Waals surface area contributed by atoms with E-state index in [9.17, 15) is 10.1 Å². The Kier molecular flexibility index (Phi) is 6.10. The number of nitrogens with one attached hydrogen (secondary N) is 1. The summed E-state index contributed by atoms with van der Waals surface area (Å²) >= 11 is 0. The van der Waals surface area contributed by atoms with Gasteiger partial charge in [0.15, 0.2) is 0 Å². The van der Waals surface area contributed by atoms with Crippen LogP contribution in [0.4, 0.5) is 17.5 Å². The molecule has 0 aliphatic heterocycles. The molecule has 0 fully saturated rings. The number of hydrogen-bond donors (Lipinski definition) is 1. The minimum Gasteiger partial charge on any atom is -0.357 e. The van der Waals surface area contributed by atoms with Gasteiger partial charge in [-0.15, -0.1) is 0 Å². The van der Waals surface area contributed by atoms with E-state index in [0.717, 1.165) is 19.5 Å². The van der Waals surface area contributed by atoms with Crippen molar-refractivity contribution in [3.63, 3.8) is 0 Å². The van der Waals surface area contributed by atoms with Crippen LogP contribution in [0.25, 0.3) is 0 Å². The van der Waals surface area contributed by atoms with Gasteiger partial charge in [-0.2, -0.15) is 4.98 Å². The lowest BCUT2D eigenvalue weighted by molar-refractivity contribution is -0.384. The summed E-state index contributed by atoms with van der Waals surface area (Å²) < 4.78 is 0. The van der Waals surface area contributed by atoms with E-state index in [1.54, 1.807) is 7.05 Å². The molecule has 0 spiro atoms. The Morgan fingerprint density at radius 3 is 2.60 bits per heavy atom. The van der Waals surface area contributed by atoms with E-state index in [2.05, 4.69) is 20.2 Å². The summed E-state index contributed by atoms with van der Waals surface area (Å²) in [7, 11) is 5.69. The summed E-state index contributed by atoms with van der Waals surface area (Å²) in [6.07, 6.45) is 2.17. The molecule has 112 valence electrons. The Labute approximate surface area is 119 Å². The highest BCUT2D eigenvalue weighted by atomic mass is 16.6. The Hall–Kier alpha value is -1.96. The first-order valence-corrected chi connectivity index (χ1v) is 6.58. The molecule has 20 heavy (non-hydrogen) atoms. The van der Waals surface area contributed by atoms with Gasteiger partial charge < -0.3 is 15.1 Å². The zero-order valence-electron chi connectivity index (χ0n) is 12.5. The van der Waals surface area contributed by atoms with Crippen LogP contribution in [0.2, 0.25) is 0 Å². The molecule has 8 heteroatoms. The van der Waals surface area contributed by atoms with E-state index in [-0.39, 0.29) is 5.69 Å². The molecule has 1 heterocycles. The van der Waals surface area contributed by atoms with Gasteiger partial charge in [-0.1, -0.05) is 0 Å². The number of hydrogen-bond acceptors (Lipinski definition) is 7. The van der Waals surface area contributed by atoms with Crippen molar-refractivity contribution in [1.29, 1.82) is 0 Å². The molecule has 8 nitrogen and oxygen atoms in total. The van der Waals surface area contributed by atoms with Crippen LogP contribution in [0.15, 0.2) is 6.20 Å². The lowest BCUT2D eigenvalue weighted by Gasteiger charge is -2.22. The quantitative estimate of drug-likeness (QED) is 0.566. The molecular formula is C12H22N6O2. The van der Waals surface area contributed by atoms with E-state index >= 15 is 0 Å². The van der Waals surface area contributed by atoms with E-state index < -0.39 is 4.92 Å². The monoisotopic (exact) mass is 282 g/mol. The van der Waals surface area contributed by atoms with E-state index in [4.69, 9.17) is 0 Å². The second-order valence-electron chi connectivity index (χ2n) is 4.65. The van der Waals surface area contributed by atoms with E-state index in [1.165, 1.54) is 6.20 Å². The van der Waals surface area contributed by atoms with Crippen LogP contribution >= 0.6 is 0 Å². The van der Waals surface area contributed by atoms with Crippen molar-refractivity contribution in [3.05, 3.63) is 16.3 Å². The molecule has 0 aliphatic rings. The third-order valence-electron chi connectivity index (χ3n) is 2.88. The zero-order chi connectivity index (χ0) is 15.1. The fraction of sp³-hybridized carbons (Fsp3) is 0.667. The summed E-state index contributed by atoms with van der Waals surface area (Å²) in [6.45, 7) is 4.26. The highest BCUT2D eigenvalue weighted by Crippen LogP contribution is 2.26. The lowest BCUT2D eigenvalue weighted by atomic mass is 10.3. The Morgan fingerprint density at radius 1 is 1.40 bits per heavy atom. The van der Waals surface area contributed by atoms with Gasteiger partial charge in [-0.25, -0.2) is 4.98 Å². The predicted octanol–water partition coefficient (Wildman–Crippen LogP) is 1.20. The van der Waals surface area contributed by atoms with Crippen molar-refractivity contribution in [1.82, 2.24) is 14.9 Å². The van der Waals surface area contributed by atoms with Gasteiger partial charge in [-0.3, -0.25) is 10.1 Å². The average molecular weight is 282 g/mol. The number of rotatable bonds is 8. The summed E-state index contributed by atoms with van der Waals surface area (Å²) in [5.74, 6) is 0.757. The molecule has 1 aromatic heterocycles. The minimum atomic E-state index is -0.441. The Morgan fingerprint density at radius 2 is 2.10 bits per heavy atom. The summed E-state index contributed by atoms with van der Waals surface area (Å²) in [4.78, 5) is 22.8. The van der Waals surface area contributed by atoms with Crippen molar-refractivity contribution in [2.75, 3.05) is 51.0 Å². The van der Waals surface area contributed by atoms with Crippen LogP contribution in [0.1, 0.15) is 13.3 Å². The minimum absolute atomic E-state index is 0.0595. The third-order valence-corrected chi connectivity index (χ3v) is 2.88. The number of anilines is 2. The van der Waals surface area contributed by atoms with Crippen molar-refractivity contribution < 1.29 is 4.92 Å². The van der Waals surface area contributed by atoms with Gasteiger partial charge in [0.25, 0.3) is 0 Å². The molecule has 1 N–H and O–H groups in total. The maximum absolute atomic E-state index is 11.1. The van der Waals surface area contributed by atoms with Crippen LogP contribution in [-0.2, 0) is 0 Å². The Bertz CT molecular complexity index is 452. The second kappa shape index (κ2) is 7.59. The molecule has 0 saturated heterocycles. The van der Waals surface area contributed by atoms with Gasteiger partial charge in [0.2, 0.25) is 11.8 Å². The molecule has 0 aliphatic carbocycles. The molecule has 0 amide bonds. The van der Waals surface area contributed by atoms with Crippen molar-refractivity contribution in [3.8, 4) is 0 Å². The first kappa shape index (κ1) is 16.1. The largest absolute Gasteiger partial charge is 0.357 e. The molecule has 0 bridgehead atoms. The van der Waals surface area contributed by atoms with Crippen LogP contribution in [0.5, 0.6) is 0 Å². The molecule has 0 radical (unpaired) electrons. The van der Waals surface area contributed by atoms with Crippen LogP contribution in [-0.4, -0.2) is 60.6 Å². The summed E-state index contributed by atoms with van der Waals surface area (Å²) in [5, 5.41) is 13.9. The lowest BCUT2D eigenvalue weighted by Crippen LogP contribution is -2.28. The highest BCUT2D eigenvalue weighted by molar-refractivity contribution is 5.58. The van der Waals surface area contributed by atoms with Crippen molar-refractivity contribution in [2.24, 2.45) is 0 Å². The molecule has 0 unspecified atom stereocenters. The molecule has 1 aromatic rings. The number of nitro groups is 1. The van der Waals surface area contributed by atoms with Crippen molar-refractivity contribution >= 4 is 17.5 Å². The fourth-order valence-corrected chi connectivity index (χ4v) is 1.84. The van der Waals surface area contributed by atoms with Gasteiger partial charge >= 0.3 is 5.69 Å². The predicted molar refractivity (Wildman–Crippen MR) is 79.3 cm³/mol. The molecule has 0 atom stereocenters. The first-order chi connectivity index (χ1) is 9.49. The molecule has 0 aromatic carbocycles. The van der Waals surface area contributed by atoms with Gasteiger partial charge in [0.05, 0.1) is 4.92 Å². The maximum Gasteiger partial charge on any atom is 0.329 e. The Balaban J connectivity index is 2.96. The van der Waals surface area contributed by atoms with Gasteiger partial charge in [0.1, 0.15) is 6.20 Å². The van der Waals surface area contributed by atoms with E-state index in [0.29, 0.717) is 18.3 Å². The fourth-order valence-electron chi connectivity index (χ4n) is 1.84. The SMILES string of the molecule is CCN(CCCN(C)C)c1nc(NC)ncc1[N+](=O)[O-].